The van der Waals surface area contributed by atoms with Crippen LogP contribution in [0.4, 0.5) is 0 Å². The third-order valence-corrected chi connectivity index (χ3v) is 7.05. The lowest BCUT2D eigenvalue weighted by molar-refractivity contribution is 0.177. The Morgan fingerprint density at radius 3 is 2.62 bits per heavy atom. The maximum atomic E-state index is 12.9. The zero-order valence-corrected chi connectivity index (χ0v) is 17.5. The van der Waals surface area contributed by atoms with Crippen molar-refractivity contribution in [1.82, 2.24) is 10.0 Å². The summed E-state index contributed by atoms with van der Waals surface area (Å²) in [5, 5.41) is 3.70. The lowest BCUT2D eigenvalue weighted by atomic mass is 9.81. The van der Waals surface area contributed by atoms with Gasteiger partial charge >= 0.3 is 0 Å². The van der Waals surface area contributed by atoms with Gasteiger partial charge < -0.3 is 10.1 Å². The molecule has 0 radical (unpaired) electrons. The first-order valence-electron chi connectivity index (χ1n) is 9.01. The number of rotatable bonds is 7. The van der Waals surface area contributed by atoms with Gasteiger partial charge in [0, 0.05) is 11.6 Å². The first-order valence-corrected chi connectivity index (χ1v) is 10.9. The van der Waals surface area contributed by atoms with Crippen molar-refractivity contribution in [3.63, 3.8) is 0 Å². The molecule has 8 heteroatoms. The molecule has 1 saturated carbocycles. The van der Waals surface area contributed by atoms with Crippen LogP contribution in [0.25, 0.3) is 0 Å². The third kappa shape index (κ3) is 5.49. The average Bonchev–Trinajstić information content (AvgIpc) is 2.54. The second kappa shape index (κ2) is 9.11. The van der Waals surface area contributed by atoms with Gasteiger partial charge in [0.05, 0.1) is 6.61 Å². The zero-order chi connectivity index (χ0) is 17.9. The number of hydrogen-bond acceptors (Lipinski definition) is 4. The van der Waals surface area contributed by atoms with Crippen LogP contribution in [0.15, 0.2) is 23.1 Å². The summed E-state index contributed by atoms with van der Waals surface area (Å²) in [6.45, 7) is 4.96. The highest BCUT2D eigenvalue weighted by Crippen LogP contribution is 2.32. The van der Waals surface area contributed by atoms with Crippen molar-refractivity contribution in [3.8, 4) is 5.75 Å². The summed E-state index contributed by atoms with van der Waals surface area (Å²) in [5.74, 6) is 0.923. The molecule has 0 spiro atoms. The third-order valence-electron chi connectivity index (χ3n) is 5.39. The molecule has 0 atom stereocenters. The molecule has 0 amide bonds. The van der Waals surface area contributed by atoms with Crippen molar-refractivity contribution in [2.75, 3.05) is 26.2 Å². The molecule has 0 bridgehead atoms. The molecule has 1 aromatic carbocycles. The van der Waals surface area contributed by atoms with E-state index in [1.54, 1.807) is 12.1 Å². The van der Waals surface area contributed by atoms with Crippen LogP contribution in [0.3, 0.4) is 0 Å². The maximum absolute atomic E-state index is 12.9. The molecule has 1 aromatic rings. The minimum atomic E-state index is -3.67. The summed E-state index contributed by atoms with van der Waals surface area (Å²) in [7, 11) is -3.67. The average molecular weight is 423 g/mol. The number of ether oxygens (including phenoxy) is 1. The van der Waals surface area contributed by atoms with Crippen LogP contribution in [-0.4, -0.2) is 34.7 Å². The molecule has 2 fully saturated rings. The molecule has 1 aliphatic carbocycles. The molecule has 26 heavy (non-hydrogen) atoms. The first-order chi connectivity index (χ1) is 11.9. The van der Waals surface area contributed by atoms with Gasteiger partial charge in [-0.1, -0.05) is 24.9 Å². The summed E-state index contributed by atoms with van der Waals surface area (Å²) in [4.78, 5) is 0.136. The van der Waals surface area contributed by atoms with E-state index in [0.29, 0.717) is 29.8 Å². The van der Waals surface area contributed by atoms with E-state index in [1.165, 1.54) is 12.5 Å². The van der Waals surface area contributed by atoms with Crippen molar-refractivity contribution in [2.24, 2.45) is 11.3 Å². The van der Waals surface area contributed by atoms with E-state index in [9.17, 15) is 8.42 Å². The molecule has 0 unspecified atom stereocenters. The fourth-order valence-electron chi connectivity index (χ4n) is 3.23. The lowest BCUT2D eigenvalue weighted by Crippen LogP contribution is -2.42. The first kappa shape index (κ1) is 21.8. The summed E-state index contributed by atoms with van der Waals surface area (Å²) in [6, 6.07) is 4.80. The molecule has 2 aliphatic rings. The van der Waals surface area contributed by atoms with Crippen molar-refractivity contribution in [2.45, 2.75) is 43.9 Å². The van der Waals surface area contributed by atoms with E-state index in [2.05, 4.69) is 17.0 Å². The predicted molar refractivity (Wildman–Crippen MR) is 107 cm³/mol. The molecule has 1 heterocycles. The van der Waals surface area contributed by atoms with Crippen LogP contribution in [-0.2, 0) is 10.0 Å². The van der Waals surface area contributed by atoms with Crippen LogP contribution in [0.5, 0.6) is 5.75 Å². The fraction of sp³-hybridized carbons (Fsp3) is 0.667. The van der Waals surface area contributed by atoms with Crippen molar-refractivity contribution in [3.05, 3.63) is 23.2 Å². The summed E-state index contributed by atoms with van der Waals surface area (Å²) in [6.07, 6.45) is 5.45. The lowest BCUT2D eigenvalue weighted by Gasteiger charge is -2.34. The number of hydrogen-bond donors (Lipinski definition) is 2. The van der Waals surface area contributed by atoms with Crippen LogP contribution in [0, 0.1) is 11.3 Å². The molecular weight excluding hydrogens is 395 g/mol. The Morgan fingerprint density at radius 2 is 2.00 bits per heavy atom. The van der Waals surface area contributed by atoms with Crippen molar-refractivity contribution >= 4 is 34.0 Å². The highest BCUT2D eigenvalue weighted by Gasteiger charge is 2.30. The van der Waals surface area contributed by atoms with E-state index >= 15 is 0 Å². The van der Waals surface area contributed by atoms with E-state index < -0.39 is 10.0 Å². The molecular formula is C18H28Cl2N2O3S. The SMILES string of the molecule is CC1(CNS(=O)(=O)c2cc(Cl)ccc2OCC2CCC2)CCNCC1.Cl. The van der Waals surface area contributed by atoms with Gasteiger partial charge in [-0.3, -0.25) is 0 Å². The molecule has 148 valence electrons. The van der Waals surface area contributed by atoms with Crippen LogP contribution in [0.2, 0.25) is 5.02 Å². The van der Waals surface area contributed by atoms with E-state index in [4.69, 9.17) is 16.3 Å². The van der Waals surface area contributed by atoms with Crippen LogP contribution < -0.4 is 14.8 Å². The minimum absolute atomic E-state index is 0. The van der Waals surface area contributed by atoms with Gasteiger partial charge in [0.25, 0.3) is 0 Å². The Kier molecular flexibility index (Phi) is 7.62. The van der Waals surface area contributed by atoms with Gasteiger partial charge in [-0.15, -0.1) is 12.4 Å². The Morgan fingerprint density at radius 1 is 1.31 bits per heavy atom. The van der Waals surface area contributed by atoms with Gasteiger partial charge in [0.1, 0.15) is 10.6 Å². The second-order valence-electron chi connectivity index (χ2n) is 7.58. The van der Waals surface area contributed by atoms with E-state index in [-0.39, 0.29) is 22.7 Å². The molecule has 0 aromatic heterocycles. The van der Waals surface area contributed by atoms with Gasteiger partial charge in [-0.05, 0) is 68.3 Å². The Balaban J connectivity index is 0.00000243. The summed E-state index contributed by atoms with van der Waals surface area (Å²) < 4.78 is 34.3. The van der Waals surface area contributed by atoms with E-state index in [1.807, 2.05) is 0 Å². The zero-order valence-electron chi connectivity index (χ0n) is 15.1. The van der Waals surface area contributed by atoms with Gasteiger partial charge in [-0.25, -0.2) is 13.1 Å². The van der Waals surface area contributed by atoms with Crippen molar-refractivity contribution in [1.29, 1.82) is 0 Å². The largest absolute Gasteiger partial charge is 0.492 e. The molecule has 3 rings (SSSR count). The van der Waals surface area contributed by atoms with Crippen LogP contribution in [0.1, 0.15) is 39.0 Å². The highest BCUT2D eigenvalue weighted by atomic mass is 35.5. The number of sulfonamides is 1. The Bertz CT molecular complexity index is 702. The number of benzene rings is 1. The van der Waals surface area contributed by atoms with E-state index in [0.717, 1.165) is 38.8 Å². The quantitative estimate of drug-likeness (QED) is 0.703. The monoisotopic (exact) mass is 422 g/mol. The van der Waals surface area contributed by atoms with Crippen molar-refractivity contribution < 1.29 is 13.2 Å². The topological polar surface area (TPSA) is 67.4 Å². The Hall–Kier alpha value is -0.530. The summed E-state index contributed by atoms with van der Waals surface area (Å²) in [5.41, 5.74) is -0.0240. The Labute approximate surface area is 167 Å². The number of halogens is 2. The van der Waals surface area contributed by atoms with Gasteiger partial charge in [0.2, 0.25) is 10.0 Å². The summed E-state index contributed by atoms with van der Waals surface area (Å²) >= 11 is 6.04. The number of piperidine rings is 1. The molecule has 5 nitrogen and oxygen atoms in total. The fourth-order valence-corrected chi connectivity index (χ4v) is 4.84. The normalized spacial score (nSPS) is 20.1. The second-order valence-corrected chi connectivity index (χ2v) is 9.76. The minimum Gasteiger partial charge on any atom is -0.492 e. The maximum Gasteiger partial charge on any atom is 0.244 e. The highest BCUT2D eigenvalue weighted by molar-refractivity contribution is 7.89. The smallest absolute Gasteiger partial charge is 0.244 e. The standard InChI is InChI=1S/C18H27ClN2O3S.ClH/c1-18(7-9-20-10-8-18)13-21-25(22,23)17-11-15(19)5-6-16(17)24-12-14-3-2-4-14;/h5-6,11,14,20-21H,2-4,7-10,12-13H2,1H3;1H. The van der Waals surface area contributed by atoms with Gasteiger partial charge in [-0.2, -0.15) is 0 Å². The molecule has 1 aliphatic heterocycles. The van der Waals surface area contributed by atoms with Crippen LogP contribution >= 0.6 is 24.0 Å². The molecule has 2 N–H and O–H groups in total. The number of nitrogens with one attached hydrogen (secondary N) is 2. The predicted octanol–water partition coefficient (Wildman–Crippen LogP) is 3.61. The van der Waals surface area contributed by atoms with Gasteiger partial charge in [0.15, 0.2) is 0 Å². The molecule has 1 saturated heterocycles.